The summed E-state index contributed by atoms with van der Waals surface area (Å²) in [5.41, 5.74) is 6.73. The molecule has 99 valence electrons. The predicted octanol–water partition coefficient (Wildman–Crippen LogP) is -4.09. The minimum atomic E-state index is -2.32. The normalized spacial score (nSPS) is 17.9. The maximum absolute atomic E-state index is 11.1. The molecule has 0 aromatic heterocycles. The predicted molar refractivity (Wildman–Crippen MR) is 52.6 cm³/mol. The maximum Gasteiger partial charge on any atom is 0.335 e. The highest BCUT2D eigenvalue weighted by atomic mass is 16.4. The molecular weight excluding hydrogens is 236 g/mol. The second-order valence-electron chi connectivity index (χ2n) is 3.25. The van der Waals surface area contributed by atoms with Crippen LogP contribution in [0.5, 0.6) is 0 Å². The summed E-state index contributed by atoms with van der Waals surface area (Å²) in [7, 11) is 0. The zero-order valence-corrected chi connectivity index (χ0v) is 8.78. The van der Waals surface area contributed by atoms with E-state index in [0.29, 0.717) is 0 Å². The van der Waals surface area contributed by atoms with Gasteiger partial charge in [-0.05, 0) is 0 Å². The number of hydrogen-bond acceptors (Lipinski definition) is 6. The summed E-state index contributed by atoms with van der Waals surface area (Å²) in [5.74, 6) is -2.86. The fourth-order valence-electron chi connectivity index (χ4n) is 0.965. The number of rotatable bonds is 7. The van der Waals surface area contributed by atoms with Crippen LogP contribution in [0, 0.1) is 0 Å². The highest BCUT2D eigenvalue weighted by Gasteiger charge is 2.37. The minimum Gasteiger partial charge on any atom is -0.479 e. The summed E-state index contributed by atoms with van der Waals surface area (Å²) >= 11 is 0. The Kier molecular flexibility index (Phi) is 6.61. The molecule has 0 aliphatic rings. The third kappa shape index (κ3) is 4.63. The Balaban J connectivity index is 4.42. The number of carbonyl (C=O) groups excluding carboxylic acids is 1. The smallest absolute Gasteiger partial charge is 0.335 e. The molecule has 1 radical (unpaired) electrons. The quantitative estimate of drug-likeness (QED) is 0.267. The van der Waals surface area contributed by atoms with Crippen molar-refractivity contribution in [2.24, 2.45) is 0 Å². The first-order valence-corrected chi connectivity index (χ1v) is 4.70. The van der Waals surface area contributed by atoms with Gasteiger partial charge in [0.2, 0.25) is 0 Å². The van der Waals surface area contributed by atoms with E-state index >= 15 is 0 Å². The lowest BCUT2D eigenvalue weighted by Gasteiger charge is -2.23. The topological polar surface area (TPSA) is 171 Å². The van der Waals surface area contributed by atoms with Crippen LogP contribution in [-0.2, 0) is 9.59 Å². The summed E-state index contributed by atoms with van der Waals surface area (Å²) in [4.78, 5) is 21.4. The molecule has 1 amide bonds. The van der Waals surface area contributed by atoms with Crippen LogP contribution in [0.25, 0.3) is 0 Å². The number of carboxylic acids is 1. The Morgan fingerprint density at radius 2 is 1.53 bits per heavy atom. The highest BCUT2D eigenvalue weighted by Crippen LogP contribution is 2.05. The molecule has 0 saturated heterocycles. The Labute approximate surface area is 96.5 Å². The Morgan fingerprint density at radius 3 is 1.94 bits per heavy atom. The largest absolute Gasteiger partial charge is 0.479 e. The number of aliphatic carboxylic acids is 1. The molecule has 0 aromatic carbocycles. The van der Waals surface area contributed by atoms with Gasteiger partial charge in [-0.15, -0.1) is 0 Å². The molecule has 0 fully saturated rings. The Morgan fingerprint density at radius 1 is 1.06 bits per heavy atom. The van der Waals surface area contributed by atoms with E-state index in [9.17, 15) is 19.8 Å². The number of carbonyl (C=O) groups is 2. The lowest BCUT2D eigenvalue weighted by molar-refractivity contribution is -0.166. The monoisotopic (exact) mass is 251 g/mol. The molecule has 2 unspecified atom stereocenters. The maximum atomic E-state index is 11.1. The van der Waals surface area contributed by atoms with Crippen molar-refractivity contribution < 1.29 is 35.1 Å². The van der Waals surface area contributed by atoms with Crippen LogP contribution in [0.15, 0.2) is 0 Å². The highest BCUT2D eigenvalue weighted by molar-refractivity contribution is 5.81. The zero-order chi connectivity index (χ0) is 13.6. The lowest BCUT2D eigenvalue weighted by atomic mass is 10.0. The third-order valence-electron chi connectivity index (χ3n) is 1.94. The molecule has 0 aliphatic heterocycles. The first-order valence-electron chi connectivity index (χ1n) is 4.70. The van der Waals surface area contributed by atoms with E-state index in [1.54, 1.807) is 0 Å². The van der Waals surface area contributed by atoms with Crippen molar-refractivity contribution in [1.82, 2.24) is 11.1 Å². The molecule has 0 spiro atoms. The second kappa shape index (κ2) is 7.14. The first-order chi connectivity index (χ1) is 7.82. The van der Waals surface area contributed by atoms with Crippen molar-refractivity contribution in [3.63, 3.8) is 0 Å². The SMILES string of the molecule is [NH]CCNC(=O)C(O)[C@@H](O)[C@H](O)C(O)C(=O)O. The van der Waals surface area contributed by atoms with Crippen molar-refractivity contribution in [3.8, 4) is 0 Å². The van der Waals surface area contributed by atoms with Gasteiger partial charge >= 0.3 is 5.97 Å². The van der Waals surface area contributed by atoms with Crippen molar-refractivity contribution in [1.29, 1.82) is 0 Å². The van der Waals surface area contributed by atoms with E-state index < -0.39 is 36.3 Å². The van der Waals surface area contributed by atoms with Crippen LogP contribution < -0.4 is 11.1 Å². The molecule has 0 heterocycles. The molecular formula is C8H15N2O7. The average Bonchev–Trinajstić information content (AvgIpc) is 2.31. The minimum absolute atomic E-state index is 0.0693. The van der Waals surface area contributed by atoms with Crippen molar-refractivity contribution in [2.45, 2.75) is 24.4 Å². The number of aliphatic hydroxyl groups excluding tert-OH is 4. The molecule has 0 aromatic rings. The fourth-order valence-corrected chi connectivity index (χ4v) is 0.965. The Hall–Kier alpha value is -1.26. The molecule has 4 atom stereocenters. The molecule has 9 heteroatoms. The number of amides is 1. The zero-order valence-electron chi connectivity index (χ0n) is 8.78. The van der Waals surface area contributed by atoms with Gasteiger partial charge in [0, 0.05) is 13.1 Å². The van der Waals surface area contributed by atoms with Gasteiger partial charge < -0.3 is 30.8 Å². The van der Waals surface area contributed by atoms with E-state index in [4.69, 9.17) is 21.1 Å². The van der Waals surface area contributed by atoms with Crippen molar-refractivity contribution in [3.05, 3.63) is 0 Å². The summed E-state index contributed by atoms with van der Waals surface area (Å²) in [6.45, 7) is -0.213. The molecule has 0 bridgehead atoms. The van der Waals surface area contributed by atoms with E-state index in [2.05, 4.69) is 5.32 Å². The molecule has 9 nitrogen and oxygen atoms in total. The van der Waals surface area contributed by atoms with Crippen LogP contribution in [-0.4, -0.2) is 74.9 Å². The summed E-state index contributed by atoms with van der Waals surface area (Å²) < 4.78 is 0. The number of aliphatic hydroxyl groups is 4. The molecule has 0 aliphatic carbocycles. The van der Waals surface area contributed by atoms with Crippen LogP contribution >= 0.6 is 0 Å². The standard InChI is InChI=1S/C8H15N2O7/c9-1-2-10-7(15)5(13)3(11)4(12)6(14)8(16)17/h3-6,9,11-14H,1-2H2,(H,10,15)(H,16,17)/t3-,4-,5?,6?/m0/s1. The fraction of sp³-hybridized carbons (Fsp3) is 0.750. The summed E-state index contributed by atoms with van der Waals surface area (Å²) in [6.07, 6.45) is -8.76. The van der Waals surface area contributed by atoms with Gasteiger partial charge in [-0.1, -0.05) is 0 Å². The molecule has 0 rings (SSSR count). The Bertz CT molecular complexity index is 273. The first kappa shape index (κ1) is 15.7. The van der Waals surface area contributed by atoms with E-state index in [1.807, 2.05) is 0 Å². The number of nitrogens with one attached hydrogen (secondary N) is 2. The van der Waals surface area contributed by atoms with Gasteiger partial charge in [-0.3, -0.25) is 10.5 Å². The average molecular weight is 251 g/mol. The van der Waals surface area contributed by atoms with Crippen molar-refractivity contribution >= 4 is 11.9 Å². The van der Waals surface area contributed by atoms with Gasteiger partial charge in [-0.2, -0.15) is 0 Å². The van der Waals surface area contributed by atoms with Gasteiger partial charge in [0.1, 0.15) is 12.2 Å². The van der Waals surface area contributed by atoms with Gasteiger partial charge in [-0.25, -0.2) is 4.79 Å². The molecule has 17 heavy (non-hydrogen) atoms. The van der Waals surface area contributed by atoms with Gasteiger partial charge in [0.25, 0.3) is 5.91 Å². The summed E-state index contributed by atoms with van der Waals surface area (Å²) in [6, 6.07) is 0. The van der Waals surface area contributed by atoms with Gasteiger partial charge in [0.15, 0.2) is 12.2 Å². The lowest BCUT2D eigenvalue weighted by Crippen LogP contribution is -2.52. The van der Waals surface area contributed by atoms with Crippen LogP contribution in [0.2, 0.25) is 0 Å². The van der Waals surface area contributed by atoms with Gasteiger partial charge in [0.05, 0.1) is 0 Å². The van der Waals surface area contributed by atoms with E-state index in [1.165, 1.54) is 0 Å². The van der Waals surface area contributed by atoms with Crippen molar-refractivity contribution in [2.75, 3.05) is 13.1 Å². The molecule has 7 N–H and O–H groups in total. The number of carboxylic acid groups (broad SMARTS) is 1. The molecule has 0 saturated carbocycles. The third-order valence-corrected chi connectivity index (χ3v) is 1.94. The summed E-state index contributed by atoms with van der Waals surface area (Å²) in [5, 5.41) is 46.9. The second-order valence-corrected chi connectivity index (χ2v) is 3.25. The van der Waals surface area contributed by atoms with Crippen LogP contribution in [0.1, 0.15) is 0 Å². The van der Waals surface area contributed by atoms with E-state index in [-0.39, 0.29) is 13.1 Å². The van der Waals surface area contributed by atoms with Crippen LogP contribution in [0.3, 0.4) is 0 Å². The van der Waals surface area contributed by atoms with E-state index in [0.717, 1.165) is 0 Å². The van der Waals surface area contributed by atoms with Crippen LogP contribution in [0.4, 0.5) is 0 Å². The number of hydrogen-bond donors (Lipinski definition) is 6.